The summed E-state index contributed by atoms with van der Waals surface area (Å²) < 4.78 is 39.7. The molecule has 1 aromatic heterocycles. The number of nitrogens with zero attached hydrogens (tertiary/aromatic N) is 1. The molecular weight excluding hydrogens is 337 g/mol. The summed E-state index contributed by atoms with van der Waals surface area (Å²) >= 11 is 0. The first kappa shape index (κ1) is 17.0. The number of aryl methyl sites for hydroxylation is 2. The van der Waals surface area contributed by atoms with Gasteiger partial charge in [-0.1, -0.05) is 11.8 Å². The van der Waals surface area contributed by atoms with Gasteiger partial charge in [0.05, 0.1) is 4.90 Å². The molecule has 3 nitrogen and oxygen atoms in total. The summed E-state index contributed by atoms with van der Waals surface area (Å²) in [5.74, 6) is 5.55. The van der Waals surface area contributed by atoms with Crippen LogP contribution in [0, 0.1) is 31.5 Å². The molecule has 0 atom stereocenters. The van der Waals surface area contributed by atoms with Crippen molar-refractivity contribution in [2.75, 3.05) is 0 Å². The molecule has 1 heterocycles. The lowest BCUT2D eigenvalue weighted by atomic mass is 10.2. The van der Waals surface area contributed by atoms with Crippen molar-refractivity contribution in [2.45, 2.75) is 18.7 Å². The molecular formula is C20H16FNO2S. The number of halogens is 1. The van der Waals surface area contributed by atoms with Crippen LogP contribution in [0.5, 0.6) is 0 Å². The van der Waals surface area contributed by atoms with Crippen LogP contribution in [0.25, 0.3) is 0 Å². The van der Waals surface area contributed by atoms with Crippen LogP contribution in [-0.2, 0) is 10.0 Å². The van der Waals surface area contributed by atoms with Crippen molar-refractivity contribution < 1.29 is 12.8 Å². The molecule has 0 saturated heterocycles. The summed E-state index contributed by atoms with van der Waals surface area (Å²) in [5.41, 5.74) is 2.70. The number of aromatic nitrogens is 1. The summed E-state index contributed by atoms with van der Waals surface area (Å²) in [7, 11) is -3.62. The van der Waals surface area contributed by atoms with Gasteiger partial charge in [-0.05, 0) is 74.5 Å². The highest BCUT2D eigenvalue weighted by Crippen LogP contribution is 2.19. The Bertz CT molecular complexity index is 1050. The Morgan fingerprint density at radius 2 is 1.20 bits per heavy atom. The van der Waals surface area contributed by atoms with E-state index in [9.17, 15) is 12.8 Å². The molecule has 0 saturated carbocycles. The number of rotatable bonds is 2. The van der Waals surface area contributed by atoms with Crippen molar-refractivity contribution in [1.29, 1.82) is 0 Å². The minimum Gasteiger partial charge on any atom is -0.243 e. The van der Waals surface area contributed by atoms with Gasteiger partial charge in [-0.25, -0.2) is 16.8 Å². The Morgan fingerprint density at radius 3 is 1.68 bits per heavy atom. The summed E-state index contributed by atoms with van der Waals surface area (Å²) in [5, 5.41) is 0. The summed E-state index contributed by atoms with van der Waals surface area (Å²) in [6, 6.07) is 15.9. The maximum absolute atomic E-state index is 12.9. The van der Waals surface area contributed by atoms with Crippen LogP contribution in [0.1, 0.15) is 22.5 Å². The van der Waals surface area contributed by atoms with E-state index in [1.807, 2.05) is 0 Å². The third kappa shape index (κ3) is 3.49. The highest BCUT2D eigenvalue weighted by Gasteiger charge is 2.19. The zero-order valence-electron chi connectivity index (χ0n) is 13.8. The lowest BCUT2D eigenvalue weighted by Gasteiger charge is -2.10. The van der Waals surface area contributed by atoms with Crippen LogP contribution in [0.15, 0.2) is 65.6 Å². The first-order valence-corrected chi connectivity index (χ1v) is 9.10. The Morgan fingerprint density at radius 1 is 0.760 bits per heavy atom. The third-order valence-corrected chi connectivity index (χ3v) is 5.72. The topological polar surface area (TPSA) is 39.1 Å². The fourth-order valence-electron chi connectivity index (χ4n) is 2.53. The van der Waals surface area contributed by atoms with E-state index in [0.717, 1.165) is 0 Å². The molecule has 25 heavy (non-hydrogen) atoms. The molecule has 126 valence electrons. The van der Waals surface area contributed by atoms with E-state index in [0.29, 0.717) is 22.5 Å². The predicted octanol–water partition coefficient (Wildman–Crippen LogP) is 3.88. The minimum atomic E-state index is -3.62. The van der Waals surface area contributed by atoms with Crippen molar-refractivity contribution in [1.82, 2.24) is 3.97 Å². The minimum absolute atomic E-state index is 0.210. The van der Waals surface area contributed by atoms with E-state index in [1.165, 1.54) is 16.1 Å². The summed E-state index contributed by atoms with van der Waals surface area (Å²) in [6.45, 7) is 3.51. The van der Waals surface area contributed by atoms with Crippen molar-refractivity contribution in [3.8, 4) is 11.8 Å². The average Bonchev–Trinajstić information content (AvgIpc) is 2.94. The highest BCUT2D eigenvalue weighted by atomic mass is 32.2. The molecule has 0 aliphatic carbocycles. The van der Waals surface area contributed by atoms with Crippen molar-refractivity contribution in [2.24, 2.45) is 0 Å². The van der Waals surface area contributed by atoms with Gasteiger partial charge in [0.15, 0.2) is 0 Å². The largest absolute Gasteiger partial charge is 0.268 e. The molecule has 0 aliphatic rings. The van der Waals surface area contributed by atoms with E-state index in [2.05, 4.69) is 11.8 Å². The van der Waals surface area contributed by atoms with Gasteiger partial charge < -0.3 is 0 Å². The molecule has 0 amide bonds. The maximum Gasteiger partial charge on any atom is 0.268 e. The molecule has 0 spiro atoms. The molecule has 0 fully saturated rings. The van der Waals surface area contributed by atoms with Gasteiger partial charge in [0.1, 0.15) is 5.82 Å². The van der Waals surface area contributed by atoms with E-state index >= 15 is 0 Å². The molecule has 0 aliphatic heterocycles. The number of hydrogen-bond donors (Lipinski definition) is 0. The standard InChI is InChI=1S/C20H16FNO2S/c1-15-3-4-16(2)22(15)25(23,24)20-13-9-18(10-14-20)6-5-17-7-11-19(21)12-8-17/h3-4,7-14H,1-2H3. The predicted molar refractivity (Wildman–Crippen MR) is 95.3 cm³/mol. The second kappa shape index (κ2) is 6.58. The van der Waals surface area contributed by atoms with E-state index < -0.39 is 10.0 Å². The SMILES string of the molecule is Cc1ccc(C)n1S(=O)(=O)c1ccc(C#Cc2ccc(F)cc2)cc1. The summed E-state index contributed by atoms with van der Waals surface area (Å²) in [4.78, 5) is 0.210. The Hall–Kier alpha value is -2.84. The average molecular weight is 353 g/mol. The van der Waals surface area contributed by atoms with Crippen LogP contribution in [0.2, 0.25) is 0 Å². The Balaban J connectivity index is 1.89. The van der Waals surface area contributed by atoms with Crippen molar-refractivity contribution >= 4 is 10.0 Å². The fourth-order valence-corrected chi connectivity index (χ4v) is 4.10. The molecule has 0 unspecified atom stereocenters. The number of benzene rings is 2. The number of hydrogen-bond acceptors (Lipinski definition) is 2. The van der Waals surface area contributed by atoms with E-state index in [1.54, 1.807) is 62.4 Å². The van der Waals surface area contributed by atoms with Crippen molar-refractivity contribution in [3.05, 3.63) is 89.0 Å². The van der Waals surface area contributed by atoms with Crippen LogP contribution in [-0.4, -0.2) is 12.4 Å². The quantitative estimate of drug-likeness (QED) is 0.656. The van der Waals surface area contributed by atoms with E-state index in [-0.39, 0.29) is 10.7 Å². The molecule has 0 radical (unpaired) electrons. The lowest BCUT2D eigenvalue weighted by Crippen LogP contribution is -2.15. The smallest absolute Gasteiger partial charge is 0.243 e. The summed E-state index contributed by atoms with van der Waals surface area (Å²) in [6.07, 6.45) is 0. The van der Waals surface area contributed by atoms with Gasteiger partial charge in [0, 0.05) is 22.5 Å². The van der Waals surface area contributed by atoms with Gasteiger partial charge in [-0.2, -0.15) is 0 Å². The van der Waals surface area contributed by atoms with Gasteiger partial charge in [-0.3, -0.25) is 0 Å². The molecule has 3 rings (SSSR count). The maximum atomic E-state index is 12.9. The third-order valence-electron chi connectivity index (χ3n) is 3.79. The van der Waals surface area contributed by atoms with Crippen molar-refractivity contribution in [3.63, 3.8) is 0 Å². The molecule has 0 N–H and O–H groups in total. The van der Waals surface area contributed by atoms with Gasteiger partial charge in [0.2, 0.25) is 0 Å². The normalized spacial score (nSPS) is 11.0. The Labute approximate surface area is 146 Å². The first-order valence-electron chi connectivity index (χ1n) is 7.66. The monoisotopic (exact) mass is 353 g/mol. The molecule has 2 aromatic carbocycles. The molecule has 3 aromatic rings. The fraction of sp³-hybridized carbons (Fsp3) is 0.100. The zero-order valence-corrected chi connectivity index (χ0v) is 14.6. The van der Waals surface area contributed by atoms with Gasteiger partial charge >= 0.3 is 0 Å². The van der Waals surface area contributed by atoms with Gasteiger partial charge in [0.25, 0.3) is 10.0 Å². The second-order valence-corrected chi connectivity index (χ2v) is 7.45. The molecule has 0 bridgehead atoms. The second-order valence-electron chi connectivity index (χ2n) is 5.67. The molecule has 5 heteroatoms. The first-order chi connectivity index (χ1) is 11.9. The van der Waals surface area contributed by atoms with Crippen LogP contribution in [0.3, 0.4) is 0 Å². The van der Waals surface area contributed by atoms with Gasteiger partial charge in [-0.15, -0.1) is 0 Å². The van der Waals surface area contributed by atoms with Crippen LogP contribution < -0.4 is 0 Å². The highest BCUT2D eigenvalue weighted by molar-refractivity contribution is 7.90. The zero-order chi connectivity index (χ0) is 18.0. The Kier molecular flexibility index (Phi) is 4.47. The van der Waals surface area contributed by atoms with Crippen LogP contribution in [0.4, 0.5) is 4.39 Å². The van der Waals surface area contributed by atoms with Crippen LogP contribution >= 0.6 is 0 Å². The van der Waals surface area contributed by atoms with E-state index in [4.69, 9.17) is 0 Å². The lowest BCUT2D eigenvalue weighted by molar-refractivity contribution is 0.585.